The lowest BCUT2D eigenvalue weighted by molar-refractivity contribution is -0.221. The van der Waals surface area contributed by atoms with E-state index in [2.05, 4.69) is 5.32 Å². The first-order chi connectivity index (χ1) is 9.02. The molecule has 1 aliphatic rings. The summed E-state index contributed by atoms with van der Waals surface area (Å²) in [6.07, 6.45) is -5.92. The fourth-order valence-electron chi connectivity index (χ4n) is 1.93. The van der Waals surface area contributed by atoms with Gasteiger partial charge in [-0.2, -0.15) is 0 Å². The molecule has 0 radical (unpaired) electrons. The van der Waals surface area contributed by atoms with E-state index in [1.54, 1.807) is 24.3 Å². The van der Waals surface area contributed by atoms with Gasteiger partial charge >= 0.3 is 0 Å². The van der Waals surface area contributed by atoms with E-state index >= 15 is 0 Å². The molecule has 1 aliphatic heterocycles. The Bertz CT molecular complexity index is 413. The van der Waals surface area contributed by atoms with Gasteiger partial charge in [0.1, 0.15) is 24.4 Å². The van der Waals surface area contributed by atoms with E-state index in [4.69, 9.17) is 21.4 Å². The monoisotopic (exact) mass is 289 g/mol. The van der Waals surface area contributed by atoms with Gasteiger partial charge in [-0.05, 0) is 24.3 Å². The quantitative estimate of drug-likeness (QED) is 0.517. The number of hydrogen-bond donors (Lipinski definition) is 5. The van der Waals surface area contributed by atoms with Crippen LogP contribution in [0, 0.1) is 0 Å². The molecule has 7 heteroatoms. The van der Waals surface area contributed by atoms with Crippen molar-refractivity contribution in [2.45, 2.75) is 30.6 Å². The maximum atomic E-state index is 9.83. The zero-order valence-corrected chi connectivity index (χ0v) is 10.7. The SMILES string of the molecule is OC[C@@H]1O[C@H](Nc2ccc(Cl)cc2)[C@H](O)[C@@H](O)[C@@H]1O. The van der Waals surface area contributed by atoms with E-state index in [1.165, 1.54) is 0 Å². The van der Waals surface area contributed by atoms with Crippen LogP contribution in [-0.4, -0.2) is 57.7 Å². The molecule has 5 N–H and O–H groups in total. The normalized spacial score (nSPS) is 35.1. The van der Waals surface area contributed by atoms with Crippen molar-refractivity contribution < 1.29 is 25.2 Å². The minimum Gasteiger partial charge on any atom is -0.394 e. The van der Waals surface area contributed by atoms with Crippen molar-refractivity contribution in [3.8, 4) is 0 Å². The smallest absolute Gasteiger partial charge is 0.157 e. The molecule has 0 aromatic heterocycles. The summed E-state index contributed by atoms with van der Waals surface area (Å²) >= 11 is 5.76. The van der Waals surface area contributed by atoms with Crippen LogP contribution in [0.1, 0.15) is 0 Å². The molecule has 5 atom stereocenters. The molecule has 19 heavy (non-hydrogen) atoms. The Morgan fingerprint density at radius 2 is 1.68 bits per heavy atom. The molecule has 1 saturated heterocycles. The summed E-state index contributed by atoms with van der Waals surface area (Å²) in [6.45, 7) is -0.455. The van der Waals surface area contributed by atoms with Crippen molar-refractivity contribution in [1.29, 1.82) is 0 Å². The largest absolute Gasteiger partial charge is 0.394 e. The van der Waals surface area contributed by atoms with Crippen LogP contribution in [0.4, 0.5) is 5.69 Å². The molecule has 106 valence electrons. The van der Waals surface area contributed by atoms with Crippen LogP contribution in [0.15, 0.2) is 24.3 Å². The summed E-state index contributed by atoms with van der Waals surface area (Å²) in [5, 5.41) is 41.6. The van der Waals surface area contributed by atoms with Gasteiger partial charge in [-0.25, -0.2) is 0 Å². The summed E-state index contributed by atoms with van der Waals surface area (Å²) in [4.78, 5) is 0. The Balaban J connectivity index is 2.08. The van der Waals surface area contributed by atoms with Crippen molar-refractivity contribution in [3.63, 3.8) is 0 Å². The summed E-state index contributed by atoms with van der Waals surface area (Å²) in [5.74, 6) is 0. The third kappa shape index (κ3) is 3.17. The second-order valence-corrected chi connectivity index (χ2v) is 4.84. The molecule has 1 heterocycles. The van der Waals surface area contributed by atoms with E-state index < -0.39 is 37.3 Å². The third-order valence-corrected chi connectivity index (χ3v) is 3.30. The van der Waals surface area contributed by atoms with Crippen molar-refractivity contribution in [3.05, 3.63) is 29.3 Å². The number of rotatable bonds is 3. The zero-order chi connectivity index (χ0) is 14.0. The second-order valence-electron chi connectivity index (χ2n) is 4.40. The lowest BCUT2D eigenvalue weighted by Crippen LogP contribution is -2.60. The molecule has 0 amide bonds. The number of aliphatic hydroxyl groups is 4. The molecule has 2 rings (SSSR count). The first kappa shape index (κ1) is 14.5. The number of nitrogens with one attached hydrogen (secondary N) is 1. The van der Waals surface area contributed by atoms with Crippen LogP contribution in [0.3, 0.4) is 0 Å². The Hall–Kier alpha value is -0.890. The first-order valence-corrected chi connectivity index (χ1v) is 6.23. The number of aliphatic hydroxyl groups excluding tert-OH is 4. The third-order valence-electron chi connectivity index (χ3n) is 3.05. The highest BCUT2D eigenvalue weighted by Gasteiger charge is 2.43. The van der Waals surface area contributed by atoms with Gasteiger partial charge < -0.3 is 30.5 Å². The fourth-order valence-corrected chi connectivity index (χ4v) is 2.06. The van der Waals surface area contributed by atoms with Gasteiger partial charge in [0.2, 0.25) is 0 Å². The van der Waals surface area contributed by atoms with E-state index in [1.807, 2.05) is 0 Å². The molecule has 6 nitrogen and oxygen atoms in total. The minimum atomic E-state index is -1.39. The maximum absolute atomic E-state index is 9.83. The van der Waals surface area contributed by atoms with Crippen molar-refractivity contribution >= 4 is 17.3 Å². The van der Waals surface area contributed by atoms with Gasteiger partial charge in [0, 0.05) is 10.7 Å². The van der Waals surface area contributed by atoms with Gasteiger partial charge in [-0.1, -0.05) is 11.6 Å². The summed E-state index contributed by atoms with van der Waals surface area (Å²) in [7, 11) is 0. The average Bonchev–Trinajstić information content (AvgIpc) is 2.42. The number of anilines is 1. The standard InChI is InChI=1S/C12H16ClNO5/c13-6-1-3-7(4-2-6)14-12-11(18)10(17)9(16)8(5-15)19-12/h1-4,8-12,14-18H,5H2/t8-,9+,10-,11+,12-/m0/s1. The van der Waals surface area contributed by atoms with Crippen molar-refractivity contribution in [1.82, 2.24) is 0 Å². The highest BCUT2D eigenvalue weighted by Crippen LogP contribution is 2.23. The predicted molar refractivity (Wildman–Crippen MR) is 68.8 cm³/mol. The molecule has 1 aromatic carbocycles. The Labute approximate surface area is 115 Å². The van der Waals surface area contributed by atoms with Gasteiger partial charge in [0.25, 0.3) is 0 Å². The summed E-state index contributed by atoms with van der Waals surface area (Å²) in [6, 6.07) is 6.69. The highest BCUT2D eigenvalue weighted by atomic mass is 35.5. The predicted octanol–water partition coefficient (Wildman–Crippen LogP) is -0.448. The van der Waals surface area contributed by atoms with Gasteiger partial charge in [0.15, 0.2) is 6.23 Å². The lowest BCUT2D eigenvalue weighted by Gasteiger charge is -2.40. The van der Waals surface area contributed by atoms with E-state index in [0.717, 1.165) is 0 Å². The Morgan fingerprint density at radius 3 is 2.26 bits per heavy atom. The van der Waals surface area contributed by atoms with E-state index in [0.29, 0.717) is 10.7 Å². The van der Waals surface area contributed by atoms with Crippen LogP contribution in [0.5, 0.6) is 0 Å². The molecule has 0 bridgehead atoms. The topological polar surface area (TPSA) is 102 Å². The molecule has 0 aliphatic carbocycles. The summed E-state index contributed by atoms with van der Waals surface area (Å²) < 4.78 is 5.31. The number of halogens is 1. The number of benzene rings is 1. The van der Waals surface area contributed by atoms with Crippen LogP contribution in [0.2, 0.25) is 5.02 Å². The molecule has 0 unspecified atom stereocenters. The van der Waals surface area contributed by atoms with Crippen LogP contribution in [-0.2, 0) is 4.74 Å². The van der Waals surface area contributed by atoms with Crippen molar-refractivity contribution in [2.24, 2.45) is 0 Å². The zero-order valence-electron chi connectivity index (χ0n) is 9.98. The van der Waals surface area contributed by atoms with Crippen LogP contribution >= 0.6 is 11.6 Å². The van der Waals surface area contributed by atoms with Gasteiger partial charge in [0.05, 0.1) is 6.61 Å². The lowest BCUT2D eigenvalue weighted by atomic mass is 9.98. The summed E-state index contributed by atoms with van der Waals surface area (Å²) in [5.41, 5.74) is 0.633. The molecular formula is C12H16ClNO5. The Kier molecular flexibility index (Phi) is 4.62. The van der Waals surface area contributed by atoms with E-state index in [9.17, 15) is 15.3 Å². The Morgan fingerprint density at radius 1 is 1.05 bits per heavy atom. The van der Waals surface area contributed by atoms with Crippen LogP contribution < -0.4 is 5.32 Å². The van der Waals surface area contributed by atoms with Gasteiger partial charge in [-0.15, -0.1) is 0 Å². The highest BCUT2D eigenvalue weighted by molar-refractivity contribution is 6.30. The molecule has 0 spiro atoms. The number of ether oxygens (including phenoxy) is 1. The molecule has 0 saturated carbocycles. The molecule has 1 fully saturated rings. The minimum absolute atomic E-state index is 0.455. The first-order valence-electron chi connectivity index (χ1n) is 5.85. The van der Waals surface area contributed by atoms with Gasteiger partial charge in [-0.3, -0.25) is 0 Å². The maximum Gasteiger partial charge on any atom is 0.157 e. The molecular weight excluding hydrogens is 274 g/mol. The second kappa shape index (κ2) is 6.04. The fraction of sp³-hybridized carbons (Fsp3) is 0.500. The van der Waals surface area contributed by atoms with Crippen molar-refractivity contribution in [2.75, 3.05) is 11.9 Å². The average molecular weight is 290 g/mol. The van der Waals surface area contributed by atoms with Crippen LogP contribution in [0.25, 0.3) is 0 Å². The molecule has 1 aromatic rings. The van der Waals surface area contributed by atoms with E-state index in [-0.39, 0.29) is 0 Å². The number of hydrogen-bond acceptors (Lipinski definition) is 6.